The van der Waals surface area contributed by atoms with Gasteiger partial charge in [-0.2, -0.15) is 0 Å². The van der Waals surface area contributed by atoms with Gasteiger partial charge in [-0.05, 0) is 49.7 Å². The highest BCUT2D eigenvalue weighted by Crippen LogP contribution is 2.29. The lowest BCUT2D eigenvalue weighted by Crippen LogP contribution is -2.50. The molecule has 206 valence electrons. The van der Waals surface area contributed by atoms with Gasteiger partial charge in [0.2, 0.25) is 5.95 Å². The van der Waals surface area contributed by atoms with Crippen molar-refractivity contribution in [1.29, 1.82) is 0 Å². The Balaban J connectivity index is 1.47. The largest absolute Gasteiger partial charge is 0.476 e. The molecule has 1 aliphatic heterocycles. The zero-order valence-electron chi connectivity index (χ0n) is 22.4. The van der Waals surface area contributed by atoms with Gasteiger partial charge in [0.1, 0.15) is 5.15 Å². The number of aryl methyl sites for hydroxylation is 1. The molecule has 0 bridgehead atoms. The maximum Gasteiger partial charge on any atom is 0.356 e. The highest BCUT2D eigenvalue weighted by atomic mass is 35.5. The molecule has 1 atom stereocenters. The molecule has 1 saturated heterocycles. The number of nitrogens with one attached hydrogen (secondary N) is 1. The number of fused-ring (bicyclic) bond motifs is 1. The number of rotatable bonds is 6. The van der Waals surface area contributed by atoms with Gasteiger partial charge in [-0.25, -0.2) is 14.8 Å². The second-order valence-electron chi connectivity index (χ2n) is 9.87. The number of carboxylic acid groups (broad SMARTS) is 1. The van der Waals surface area contributed by atoms with E-state index in [1.54, 1.807) is 17.7 Å². The van der Waals surface area contributed by atoms with Gasteiger partial charge in [0, 0.05) is 44.4 Å². The number of piperazine rings is 1. The molecule has 10 nitrogen and oxygen atoms in total. The Labute approximate surface area is 235 Å². The first-order chi connectivity index (χ1) is 19.1. The van der Waals surface area contributed by atoms with E-state index in [0.717, 1.165) is 11.1 Å². The first kappa shape index (κ1) is 27.1. The number of anilines is 2. The fourth-order valence-electron chi connectivity index (χ4n) is 5.05. The molecule has 2 aromatic heterocycles. The van der Waals surface area contributed by atoms with Crippen LogP contribution in [-0.2, 0) is 7.05 Å². The number of carbonyl (C=O) groups is 2. The second-order valence-corrected chi connectivity index (χ2v) is 10.3. The third kappa shape index (κ3) is 5.22. The van der Waals surface area contributed by atoms with Crippen LogP contribution in [0.25, 0.3) is 10.9 Å². The minimum absolute atomic E-state index is 0.0179. The molecule has 5 rings (SSSR count). The lowest BCUT2D eigenvalue weighted by molar-refractivity contribution is 0.0690. The average molecular weight is 561 g/mol. The summed E-state index contributed by atoms with van der Waals surface area (Å²) in [4.78, 5) is 50.9. The molecular weight excluding hydrogens is 532 g/mol. The van der Waals surface area contributed by atoms with Crippen LogP contribution in [0.4, 0.5) is 11.6 Å². The van der Waals surface area contributed by atoms with Gasteiger partial charge in [0.25, 0.3) is 11.5 Å². The summed E-state index contributed by atoms with van der Waals surface area (Å²) in [5, 5.41) is 13.4. The number of halogens is 1. The van der Waals surface area contributed by atoms with E-state index in [1.165, 1.54) is 6.07 Å². The Hall–Kier alpha value is -4.44. The molecule has 0 saturated carbocycles. The molecule has 1 aliphatic rings. The molecule has 40 heavy (non-hydrogen) atoms. The number of amides is 1. The Morgan fingerprint density at radius 1 is 1.02 bits per heavy atom. The summed E-state index contributed by atoms with van der Waals surface area (Å²) in [6.45, 7) is 5.83. The van der Waals surface area contributed by atoms with Crippen molar-refractivity contribution in [2.75, 3.05) is 36.4 Å². The number of pyridine rings is 1. The quantitative estimate of drug-likeness (QED) is 0.338. The van der Waals surface area contributed by atoms with Crippen molar-refractivity contribution in [1.82, 2.24) is 19.4 Å². The lowest BCUT2D eigenvalue weighted by Gasteiger charge is -2.36. The third-order valence-electron chi connectivity index (χ3n) is 7.10. The molecule has 3 heterocycles. The van der Waals surface area contributed by atoms with Crippen LogP contribution in [-0.4, -0.2) is 62.6 Å². The van der Waals surface area contributed by atoms with Crippen LogP contribution in [0, 0.1) is 6.92 Å². The lowest BCUT2D eigenvalue weighted by atomic mass is 10.0. The van der Waals surface area contributed by atoms with Gasteiger partial charge >= 0.3 is 5.97 Å². The Morgan fingerprint density at radius 3 is 2.40 bits per heavy atom. The Bertz CT molecular complexity index is 1670. The van der Waals surface area contributed by atoms with E-state index in [2.05, 4.69) is 10.3 Å². The van der Waals surface area contributed by atoms with E-state index < -0.39 is 12.0 Å². The van der Waals surface area contributed by atoms with E-state index in [-0.39, 0.29) is 22.3 Å². The van der Waals surface area contributed by atoms with Crippen LogP contribution >= 0.6 is 11.6 Å². The van der Waals surface area contributed by atoms with Crippen LogP contribution in [0.1, 0.15) is 44.9 Å². The van der Waals surface area contributed by atoms with Gasteiger partial charge in [-0.15, -0.1) is 0 Å². The number of hydrogen-bond acceptors (Lipinski definition) is 7. The van der Waals surface area contributed by atoms with E-state index in [1.807, 2.05) is 66.1 Å². The minimum atomic E-state index is -1.20. The molecule has 11 heteroatoms. The van der Waals surface area contributed by atoms with Crippen LogP contribution in [0.15, 0.2) is 59.4 Å². The molecule has 0 aliphatic carbocycles. The number of aromatic nitrogens is 3. The second kappa shape index (κ2) is 11.0. The van der Waals surface area contributed by atoms with Crippen molar-refractivity contribution >= 4 is 46.0 Å². The molecule has 1 amide bonds. The molecule has 4 aromatic rings. The number of aromatic carboxylic acids is 1. The van der Waals surface area contributed by atoms with Gasteiger partial charge in [-0.3, -0.25) is 14.2 Å². The van der Waals surface area contributed by atoms with E-state index in [9.17, 15) is 19.5 Å². The first-order valence-corrected chi connectivity index (χ1v) is 13.3. The van der Waals surface area contributed by atoms with Gasteiger partial charge in [0.15, 0.2) is 5.69 Å². The standard InChI is InChI=1S/C29H29ClN6O4/c1-17-15-20(18(2)31-22-9-10-23(30)32-25(22)28(39)40)24-21(16-17)27(38)34(3)29(33-24)36-13-11-35(12-14-36)26(37)19-7-5-4-6-8-19/h4-10,15-16,18,31H,11-14H2,1-3H3,(H,39,40)/t18-/m0/s1. The smallest absolute Gasteiger partial charge is 0.356 e. The molecule has 0 spiro atoms. The van der Waals surface area contributed by atoms with Crippen LogP contribution in [0.3, 0.4) is 0 Å². The zero-order chi connectivity index (χ0) is 28.6. The predicted molar refractivity (Wildman–Crippen MR) is 155 cm³/mol. The molecule has 1 fully saturated rings. The Kier molecular flexibility index (Phi) is 7.44. The summed E-state index contributed by atoms with van der Waals surface area (Å²) in [6.07, 6.45) is 0. The number of hydrogen-bond donors (Lipinski definition) is 2. The number of carboxylic acids is 1. The molecular formula is C29H29ClN6O4. The van der Waals surface area contributed by atoms with Crippen molar-refractivity contribution < 1.29 is 14.7 Å². The van der Waals surface area contributed by atoms with Gasteiger partial charge < -0.3 is 20.2 Å². The van der Waals surface area contributed by atoms with Crippen LogP contribution < -0.4 is 15.8 Å². The highest BCUT2D eigenvalue weighted by molar-refractivity contribution is 6.29. The SMILES string of the molecule is Cc1cc([C@H](C)Nc2ccc(Cl)nc2C(=O)O)c2nc(N3CCN(C(=O)c4ccccc4)CC3)n(C)c(=O)c2c1. The number of carbonyl (C=O) groups excluding carboxylic acids is 1. The van der Waals surface area contributed by atoms with E-state index in [0.29, 0.717) is 54.3 Å². The first-order valence-electron chi connectivity index (χ1n) is 12.9. The monoisotopic (exact) mass is 560 g/mol. The number of benzene rings is 2. The van der Waals surface area contributed by atoms with Crippen molar-refractivity contribution in [2.24, 2.45) is 7.05 Å². The summed E-state index contributed by atoms with van der Waals surface area (Å²) < 4.78 is 1.55. The minimum Gasteiger partial charge on any atom is -0.476 e. The van der Waals surface area contributed by atoms with Crippen molar-refractivity contribution in [2.45, 2.75) is 19.9 Å². The highest BCUT2D eigenvalue weighted by Gasteiger charge is 2.26. The topological polar surface area (TPSA) is 121 Å². The summed E-state index contributed by atoms with van der Waals surface area (Å²) in [5.74, 6) is -0.706. The van der Waals surface area contributed by atoms with Gasteiger partial charge in [0.05, 0.1) is 22.6 Å². The van der Waals surface area contributed by atoms with E-state index >= 15 is 0 Å². The zero-order valence-corrected chi connectivity index (χ0v) is 23.1. The van der Waals surface area contributed by atoms with Crippen molar-refractivity contribution in [3.8, 4) is 0 Å². The summed E-state index contributed by atoms with van der Waals surface area (Å²) >= 11 is 5.92. The fourth-order valence-corrected chi connectivity index (χ4v) is 5.20. The summed E-state index contributed by atoms with van der Waals surface area (Å²) in [5.41, 5.74) is 2.74. The molecule has 2 N–H and O–H groups in total. The van der Waals surface area contributed by atoms with Crippen LogP contribution in [0.5, 0.6) is 0 Å². The molecule has 0 radical (unpaired) electrons. The predicted octanol–water partition coefficient (Wildman–Crippen LogP) is 4.12. The van der Waals surface area contributed by atoms with Crippen LogP contribution in [0.2, 0.25) is 5.15 Å². The summed E-state index contributed by atoms with van der Waals surface area (Å²) in [7, 11) is 1.70. The Morgan fingerprint density at radius 2 is 1.73 bits per heavy atom. The van der Waals surface area contributed by atoms with Crippen molar-refractivity contribution in [3.63, 3.8) is 0 Å². The fraction of sp³-hybridized carbons (Fsp3) is 0.276. The maximum atomic E-state index is 13.5. The normalized spacial score (nSPS) is 14.3. The third-order valence-corrected chi connectivity index (χ3v) is 7.31. The van der Waals surface area contributed by atoms with E-state index in [4.69, 9.17) is 16.6 Å². The average Bonchev–Trinajstić information content (AvgIpc) is 2.95. The number of nitrogens with zero attached hydrogens (tertiary/aromatic N) is 5. The van der Waals surface area contributed by atoms with Crippen molar-refractivity contribution in [3.05, 3.63) is 92.5 Å². The van der Waals surface area contributed by atoms with Gasteiger partial charge in [-0.1, -0.05) is 35.9 Å². The molecule has 0 unspecified atom stereocenters. The maximum absolute atomic E-state index is 13.5. The summed E-state index contributed by atoms with van der Waals surface area (Å²) in [6, 6.07) is 15.6. The molecule has 2 aromatic carbocycles.